The fourth-order valence-corrected chi connectivity index (χ4v) is 0.537. The van der Waals surface area contributed by atoms with Crippen LogP contribution in [0.25, 0.3) is 0 Å². The number of aliphatic carboxylic acids is 1. The minimum absolute atomic E-state index is 0.213. The monoisotopic (exact) mass is 162 g/mol. The summed E-state index contributed by atoms with van der Waals surface area (Å²) in [5.41, 5.74) is 1.66. The summed E-state index contributed by atoms with van der Waals surface area (Å²) < 4.78 is 0. The number of nitrogens with one attached hydrogen (secondary N) is 2. The highest BCUT2D eigenvalue weighted by Crippen LogP contribution is 1.80. The molecule has 11 heavy (non-hydrogen) atoms. The van der Waals surface area contributed by atoms with Gasteiger partial charge in [-0.05, 0) is 0 Å². The summed E-state index contributed by atoms with van der Waals surface area (Å²) in [6.07, 6.45) is 0. The number of hydrogen-bond donors (Lipinski definition) is 4. The van der Waals surface area contributed by atoms with Crippen LogP contribution < -0.4 is 10.8 Å². The van der Waals surface area contributed by atoms with Crippen LogP contribution in [-0.2, 0) is 9.59 Å². The van der Waals surface area contributed by atoms with Crippen LogP contribution in [0.4, 0.5) is 0 Å². The number of carbonyl (C=O) groups is 2. The van der Waals surface area contributed by atoms with E-state index in [1.807, 2.05) is 0 Å². The molecule has 0 bridgehead atoms. The van der Waals surface area contributed by atoms with Crippen LogP contribution in [0, 0.1) is 0 Å². The number of carbonyl (C=O) groups excluding carboxylic acids is 1. The van der Waals surface area contributed by atoms with Gasteiger partial charge < -0.3 is 15.6 Å². The molecule has 1 atom stereocenters. The Morgan fingerprint density at radius 3 is 2.36 bits per heavy atom. The summed E-state index contributed by atoms with van der Waals surface area (Å²) in [5, 5.41) is 18.6. The first-order valence-corrected chi connectivity index (χ1v) is 2.94. The Bertz CT molecular complexity index is 159. The molecule has 0 spiro atoms. The molecule has 1 amide bonds. The summed E-state index contributed by atoms with van der Waals surface area (Å²) in [5.74, 6) is -1.64. The molecule has 0 saturated carbocycles. The molecule has 1 unspecified atom stereocenters. The van der Waals surface area contributed by atoms with Gasteiger partial charge in [-0.2, -0.15) is 0 Å². The van der Waals surface area contributed by atoms with E-state index in [4.69, 9.17) is 10.3 Å². The van der Waals surface area contributed by atoms with Gasteiger partial charge in [0.15, 0.2) is 0 Å². The fourth-order valence-electron chi connectivity index (χ4n) is 0.537. The summed E-state index contributed by atoms with van der Waals surface area (Å²) in [4.78, 5) is 20.6. The molecule has 0 aromatic rings. The summed E-state index contributed by atoms with van der Waals surface area (Å²) in [7, 11) is 0. The van der Waals surface area contributed by atoms with Crippen molar-refractivity contribution in [3.63, 3.8) is 0 Å². The van der Waals surface area contributed by atoms with Crippen LogP contribution in [0.3, 0.4) is 0 Å². The van der Waals surface area contributed by atoms with Gasteiger partial charge in [-0.3, -0.25) is 4.79 Å². The lowest BCUT2D eigenvalue weighted by molar-refractivity contribution is -0.142. The molecule has 0 saturated heterocycles. The van der Waals surface area contributed by atoms with Crippen molar-refractivity contribution >= 4 is 11.9 Å². The van der Waals surface area contributed by atoms with Gasteiger partial charge >= 0.3 is 5.97 Å². The second kappa shape index (κ2) is 4.64. The highest BCUT2D eigenvalue weighted by atomic mass is 16.5. The maximum Gasteiger partial charge on any atom is 0.327 e. The SMILES string of the molecule is CC(=O)NC(CNO)C(=O)O. The van der Waals surface area contributed by atoms with Crippen LogP contribution in [0.15, 0.2) is 0 Å². The zero-order chi connectivity index (χ0) is 8.85. The van der Waals surface area contributed by atoms with Crippen LogP contribution in [0.2, 0.25) is 0 Å². The summed E-state index contributed by atoms with van der Waals surface area (Å²) >= 11 is 0. The van der Waals surface area contributed by atoms with Crippen molar-refractivity contribution in [2.24, 2.45) is 0 Å². The van der Waals surface area contributed by atoms with Crippen molar-refractivity contribution in [3.05, 3.63) is 0 Å². The van der Waals surface area contributed by atoms with Crippen molar-refractivity contribution in [3.8, 4) is 0 Å². The van der Waals surface area contributed by atoms with Gasteiger partial charge in [0.25, 0.3) is 0 Å². The summed E-state index contributed by atoms with van der Waals surface area (Å²) in [6, 6.07) is -1.09. The van der Waals surface area contributed by atoms with Crippen molar-refractivity contribution in [2.45, 2.75) is 13.0 Å². The Balaban J connectivity index is 3.89. The number of hydroxylamine groups is 1. The van der Waals surface area contributed by atoms with Gasteiger partial charge in [-0.25, -0.2) is 10.3 Å². The smallest absolute Gasteiger partial charge is 0.327 e. The van der Waals surface area contributed by atoms with Crippen LogP contribution in [-0.4, -0.2) is 34.8 Å². The van der Waals surface area contributed by atoms with Crippen molar-refractivity contribution in [1.82, 2.24) is 10.8 Å². The van der Waals surface area contributed by atoms with Crippen molar-refractivity contribution < 1.29 is 19.9 Å². The van der Waals surface area contributed by atoms with Crippen LogP contribution in [0.5, 0.6) is 0 Å². The molecule has 0 aromatic carbocycles. The molecule has 6 nitrogen and oxygen atoms in total. The molecule has 0 fully saturated rings. The Morgan fingerprint density at radius 1 is 1.55 bits per heavy atom. The third-order valence-electron chi connectivity index (χ3n) is 0.971. The van der Waals surface area contributed by atoms with Crippen LogP contribution >= 0.6 is 0 Å². The van der Waals surface area contributed by atoms with E-state index in [1.54, 1.807) is 5.48 Å². The molecule has 64 valence electrons. The number of amides is 1. The number of hydrogen-bond acceptors (Lipinski definition) is 4. The highest BCUT2D eigenvalue weighted by molar-refractivity contribution is 5.82. The predicted octanol–water partition coefficient (Wildman–Crippen LogP) is -1.45. The molecule has 0 rings (SSSR count). The van der Waals surface area contributed by atoms with E-state index in [-0.39, 0.29) is 6.54 Å². The minimum Gasteiger partial charge on any atom is -0.480 e. The quantitative estimate of drug-likeness (QED) is 0.379. The van der Waals surface area contributed by atoms with E-state index in [0.29, 0.717) is 0 Å². The van der Waals surface area contributed by atoms with Gasteiger partial charge in [0.05, 0.1) is 6.54 Å². The van der Waals surface area contributed by atoms with Crippen molar-refractivity contribution in [1.29, 1.82) is 0 Å². The normalized spacial score (nSPS) is 12.2. The standard InChI is InChI=1S/C5H10N2O4/c1-3(8)7-4(2-6-11)5(9)10/h4,6,11H,2H2,1H3,(H,7,8)(H,9,10). The topological polar surface area (TPSA) is 98.7 Å². The van der Waals surface area contributed by atoms with Crippen LogP contribution in [0.1, 0.15) is 6.92 Å². The van der Waals surface area contributed by atoms with E-state index in [0.717, 1.165) is 0 Å². The minimum atomic E-state index is -1.19. The second-order valence-electron chi connectivity index (χ2n) is 1.95. The average Bonchev–Trinajstić information content (AvgIpc) is 1.86. The summed E-state index contributed by atoms with van der Waals surface area (Å²) in [6.45, 7) is 0.988. The third-order valence-corrected chi connectivity index (χ3v) is 0.971. The average molecular weight is 162 g/mol. The highest BCUT2D eigenvalue weighted by Gasteiger charge is 2.16. The molecule has 6 heteroatoms. The Hall–Kier alpha value is -1.14. The zero-order valence-corrected chi connectivity index (χ0v) is 6.00. The Labute approximate surface area is 63.2 Å². The molecule has 0 aromatic heterocycles. The van der Waals surface area contributed by atoms with E-state index < -0.39 is 17.9 Å². The molecule has 4 N–H and O–H groups in total. The second-order valence-corrected chi connectivity index (χ2v) is 1.95. The molecular formula is C5H10N2O4. The van der Waals surface area contributed by atoms with Gasteiger partial charge in [-0.1, -0.05) is 0 Å². The zero-order valence-electron chi connectivity index (χ0n) is 6.00. The van der Waals surface area contributed by atoms with Gasteiger partial charge in [0, 0.05) is 6.92 Å². The first-order chi connectivity index (χ1) is 5.07. The number of rotatable bonds is 4. The van der Waals surface area contributed by atoms with Gasteiger partial charge in [0.1, 0.15) is 6.04 Å². The molecule has 0 heterocycles. The predicted molar refractivity (Wildman–Crippen MR) is 35.0 cm³/mol. The number of carboxylic acid groups (broad SMARTS) is 1. The third kappa shape index (κ3) is 4.29. The number of carboxylic acids is 1. The molecular weight excluding hydrogens is 152 g/mol. The molecule has 0 aliphatic heterocycles. The van der Waals surface area contributed by atoms with Gasteiger partial charge in [0.2, 0.25) is 5.91 Å². The lowest BCUT2D eigenvalue weighted by Gasteiger charge is -2.10. The van der Waals surface area contributed by atoms with E-state index >= 15 is 0 Å². The maximum absolute atomic E-state index is 10.3. The molecule has 0 radical (unpaired) electrons. The molecule has 0 aliphatic rings. The van der Waals surface area contributed by atoms with Gasteiger partial charge in [-0.15, -0.1) is 0 Å². The fraction of sp³-hybridized carbons (Fsp3) is 0.600. The van der Waals surface area contributed by atoms with Crippen molar-refractivity contribution in [2.75, 3.05) is 6.54 Å². The largest absolute Gasteiger partial charge is 0.480 e. The first kappa shape index (κ1) is 9.86. The Kier molecular flexibility index (Phi) is 4.16. The van der Waals surface area contributed by atoms with E-state index in [9.17, 15) is 9.59 Å². The first-order valence-electron chi connectivity index (χ1n) is 2.94. The maximum atomic E-state index is 10.3. The van der Waals surface area contributed by atoms with E-state index in [2.05, 4.69) is 5.32 Å². The lowest BCUT2D eigenvalue weighted by atomic mass is 10.3. The lowest BCUT2D eigenvalue weighted by Crippen LogP contribution is -2.45. The Morgan fingerprint density at radius 2 is 2.09 bits per heavy atom. The van der Waals surface area contributed by atoms with E-state index in [1.165, 1.54) is 6.92 Å². The molecule has 0 aliphatic carbocycles.